The highest BCUT2D eigenvalue weighted by atomic mass is 79.9. The van der Waals surface area contributed by atoms with Crippen LogP contribution in [-0.2, 0) is 14.8 Å². The number of amides is 1. The zero-order valence-corrected chi connectivity index (χ0v) is 22.4. The number of hydrazone groups is 1. The van der Waals surface area contributed by atoms with Crippen LogP contribution in [0.4, 0.5) is 5.69 Å². The third-order valence-electron chi connectivity index (χ3n) is 4.94. The molecule has 1 N–H and O–H groups in total. The van der Waals surface area contributed by atoms with E-state index in [1.165, 1.54) is 32.6 Å². The summed E-state index contributed by atoms with van der Waals surface area (Å²) >= 11 is 3.30. The first kappa shape index (κ1) is 27.0. The van der Waals surface area contributed by atoms with Gasteiger partial charge in [-0.15, -0.1) is 0 Å². The first-order chi connectivity index (χ1) is 17.3. The van der Waals surface area contributed by atoms with Gasteiger partial charge in [-0.1, -0.05) is 15.9 Å². The van der Waals surface area contributed by atoms with Crippen molar-refractivity contribution in [3.05, 3.63) is 76.8 Å². The van der Waals surface area contributed by atoms with Crippen molar-refractivity contribution >= 4 is 43.8 Å². The maximum atomic E-state index is 13.5. The topological polar surface area (TPSA) is 107 Å². The molecule has 0 aliphatic rings. The van der Waals surface area contributed by atoms with Crippen LogP contribution in [0.15, 0.2) is 81.2 Å². The number of carbonyl (C=O) groups excluding carboxylic acids is 1. The second-order valence-electron chi connectivity index (χ2n) is 7.30. The molecule has 0 saturated carbocycles. The molecule has 3 rings (SSSR count). The number of rotatable bonds is 11. The van der Waals surface area contributed by atoms with E-state index < -0.39 is 22.5 Å². The Balaban J connectivity index is 1.82. The van der Waals surface area contributed by atoms with Gasteiger partial charge in [0.15, 0.2) is 11.5 Å². The molecule has 0 aromatic heterocycles. The summed E-state index contributed by atoms with van der Waals surface area (Å²) < 4.78 is 44.6. The van der Waals surface area contributed by atoms with E-state index in [0.717, 1.165) is 8.78 Å². The number of halogens is 1. The lowest BCUT2D eigenvalue weighted by Gasteiger charge is -2.24. The van der Waals surface area contributed by atoms with Crippen molar-refractivity contribution in [3.63, 3.8) is 0 Å². The van der Waals surface area contributed by atoms with Crippen molar-refractivity contribution in [1.82, 2.24) is 5.43 Å². The summed E-state index contributed by atoms with van der Waals surface area (Å²) in [5.41, 5.74) is 3.34. The van der Waals surface area contributed by atoms with Crippen LogP contribution in [0.1, 0.15) is 12.5 Å². The molecule has 0 unspecified atom stereocenters. The Kier molecular flexibility index (Phi) is 9.31. The monoisotopic (exact) mass is 575 g/mol. The van der Waals surface area contributed by atoms with Gasteiger partial charge >= 0.3 is 0 Å². The minimum absolute atomic E-state index is 0.0428. The number of nitrogens with one attached hydrogen (secondary N) is 1. The molecule has 0 fully saturated rings. The normalized spacial score (nSPS) is 11.2. The van der Waals surface area contributed by atoms with Gasteiger partial charge in [0, 0.05) is 4.47 Å². The first-order valence-electron chi connectivity index (χ1n) is 10.8. The average molecular weight is 576 g/mol. The van der Waals surface area contributed by atoms with Crippen molar-refractivity contribution in [1.29, 1.82) is 0 Å². The molecular formula is C25H26BrN3O6S. The molecule has 0 aliphatic heterocycles. The van der Waals surface area contributed by atoms with Gasteiger partial charge in [0.05, 0.1) is 37.6 Å². The Bertz CT molecular complexity index is 1310. The minimum atomic E-state index is -4.06. The van der Waals surface area contributed by atoms with E-state index in [4.69, 9.17) is 14.2 Å². The number of hydrogen-bond acceptors (Lipinski definition) is 7. The molecule has 190 valence electrons. The second kappa shape index (κ2) is 12.4. The highest BCUT2D eigenvalue weighted by Gasteiger charge is 2.27. The summed E-state index contributed by atoms with van der Waals surface area (Å²) in [6.45, 7) is 1.83. The van der Waals surface area contributed by atoms with Crippen molar-refractivity contribution in [2.24, 2.45) is 5.10 Å². The second-order valence-corrected chi connectivity index (χ2v) is 10.1. The molecule has 9 nitrogen and oxygen atoms in total. The SMILES string of the molecule is CCOc1ccc(N(CC(=O)N/N=C\c2ccc(OC)c(OC)c2)S(=O)(=O)c2ccc(Br)cc2)cc1. The molecule has 0 heterocycles. The van der Waals surface area contributed by atoms with Crippen LogP contribution in [0.25, 0.3) is 0 Å². The number of carbonyl (C=O) groups is 1. The van der Waals surface area contributed by atoms with E-state index in [1.54, 1.807) is 54.6 Å². The van der Waals surface area contributed by atoms with E-state index in [2.05, 4.69) is 26.5 Å². The van der Waals surface area contributed by atoms with E-state index in [-0.39, 0.29) is 4.90 Å². The lowest BCUT2D eigenvalue weighted by Crippen LogP contribution is -2.39. The van der Waals surface area contributed by atoms with Crippen molar-refractivity contribution in [2.75, 3.05) is 31.7 Å². The van der Waals surface area contributed by atoms with Gasteiger partial charge in [0.2, 0.25) is 0 Å². The molecule has 11 heteroatoms. The molecule has 1 amide bonds. The highest BCUT2D eigenvalue weighted by Crippen LogP contribution is 2.28. The van der Waals surface area contributed by atoms with Crippen molar-refractivity contribution in [3.8, 4) is 17.2 Å². The molecule has 0 aliphatic carbocycles. The lowest BCUT2D eigenvalue weighted by atomic mass is 10.2. The molecule has 3 aromatic carbocycles. The number of anilines is 1. The molecule has 0 spiro atoms. The summed E-state index contributed by atoms with van der Waals surface area (Å²) in [6.07, 6.45) is 1.42. The quantitative estimate of drug-likeness (QED) is 0.271. The fraction of sp³-hybridized carbons (Fsp3) is 0.200. The van der Waals surface area contributed by atoms with Gasteiger partial charge in [-0.2, -0.15) is 5.10 Å². The third kappa shape index (κ3) is 6.76. The van der Waals surface area contributed by atoms with Crippen LogP contribution >= 0.6 is 15.9 Å². The van der Waals surface area contributed by atoms with Crippen LogP contribution in [0, 0.1) is 0 Å². The summed E-state index contributed by atoms with van der Waals surface area (Å²) in [7, 11) is -1.01. The lowest BCUT2D eigenvalue weighted by molar-refractivity contribution is -0.119. The zero-order chi connectivity index (χ0) is 26.1. The predicted molar refractivity (Wildman–Crippen MR) is 142 cm³/mol. The maximum absolute atomic E-state index is 13.5. The molecule has 0 saturated heterocycles. The van der Waals surface area contributed by atoms with Gasteiger partial charge in [-0.25, -0.2) is 13.8 Å². The van der Waals surface area contributed by atoms with Gasteiger partial charge in [0.1, 0.15) is 12.3 Å². The van der Waals surface area contributed by atoms with Crippen molar-refractivity contribution < 1.29 is 27.4 Å². The van der Waals surface area contributed by atoms with E-state index in [1.807, 2.05) is 6.92 Å². The Labute approximate surface area is 218 Å². The fourth-order valence-corrected chi connectivity index (χ4v) is 4.89. The predicted octanol–water partition coefficient (Wildman–Crippen LogP) is 4.21. The zero-order valence-electron chi connectivity index (χ0n) is 20.0. The number of benzene rings is 3. The third-order valence-corrected chi connectivity index (χ3v) is 7.25. The van der Waals surface area contributed by atoms with Crippen LogP contribution < -0.4 is 23.9 Å². The van der Waals surface area contributed by atoms with Gasteiger partial charge in [-0.05, 0) is 79.2 Å². The summed E-state index contributed by atoms with van der Waals surface area (Å²) in [5.74, 6) is 1.03. The fourth-order valence-electron chi connectivity index (χ4n) is 3.20. The van der Waals surface area contributed by atoms with E-state index in [9.17, 15) is 13.2 Å². The number of hydrogen-bond donors (Lipinski definition) is 1. The Morgan fingerprint density at radius 3 is 2.28 bits per heavy atom. The van der Waals surface area contributed by atoms with Crippen molar-refractivity contribution in [2.45, 2.75) is 11.8 Å². The smallest absolute Gasteiger partial charge is 0.264 e. The number of methoxy groups -OCH3 is 2. The largest absolute Gasteiger partial charge is 0.494 e. The number of ether oxygens (including phenoxy) is 3. The molecule has 0 atom stereocenters. The summed E-state index contributed by atoms with van der Waals surface area (Å²) in [6, 6.07) is 17.8. The molecule has 3 aromatic rings. The Morgan fingerprint density at radius 2 is 1.67 bits per heavy atom. The van der Waals surface area contributed by atoms with Crippen LogP contribution in [0.5, 0.6) is 17.2 Å². The van der Waals surface area contributed by atoms with Gasteiger partial charge < -0.3 is 14.2 Å². The standard InChI is InChI=1S/C25H26BrN3O6S/c1-4-35-21-10-8-20(9-11-21)29(36(31,32)22-12-6-19(26)7-13-22)17-25(30)28-27-16-18-5-14-23(33-2)24(15-18)34-3/h5-16H,4,17H2,1-3H3,(H,28,30)/b27-16-. The first-order valence-corrected chi connectivity index (χ1v) is 13.1. The maximum Gasteiger partial charge on any atom is 0.264 e. The number of nitrogens with zero attached hydrogens (tertiary/aromatic N) is 2. The van der Waals surface area contributed by atoms with Gasteiger partial charge in [-0.3, -0.25) is 9.10 Å². The summed E-state index contributed by atoms with van der Waals surface area (Å²) in [4.78, 5) is 12.8. The Morgan fingerprint density at radius 1 is 1.00 bits per heavy atom. The molecule has 0 bridgehead atoms. The van der Waals surface area contributed by atoms with E-state index >= 15 is 0 Å². The Hall–Kier alpha value is -3.57. The number of sulfonamides is 1. The molecule has 0 radical (unpaired) electrons. The summed E-state index contributed by atoms with van der Waals surface area (Å²) in [5, 5.41) is 3.96. The van der Waals surface area contributed by atoms with Crippen LogP contribution in [0.3, 0.4) is 0 Å². The van der Waals surface area contributed by atoms with Crippen LogP contribution in [-0.4, -0.2) is 47.9 Å². The molecule has 36 heavy (non-hydrogen) atoms. The minimum Gasteiger partial charge on any atom is -0.494 e. The molecular weight excluding hydrogens is 550 g/mol. The average Bonchev–Trinajstić information content (AvgIpc) is 2.88. The van der Waals surface area contributed by atoms with Crippen LogP contribution in [0.2, 0.25) is 0 Å². The van der Waals surface area contributed by atoms with E-state index in [0.29, 0.717) is 35.1 Å². The van der Waals surface area contributed by atoms with Gasteiger partial charge in [0.25, 0.3) is 15.9 Å². The highest BCUT2D eigenvalue weighted by molar-refractivity contribution is 9.10.